The minimum absolute atomic E-state index is 0.0818. The smallest absolute Gasteiger partial charge is 0.404 e. The zero-order chi connectivity index (χ0) is 22.9. The summed E-state index contributed by atoms with van der Waals surface area (Å²) in [6, 6.07) is 1.37. The van der Waals surface area contributed by atoms with Crippen molar-refractivity contribution in [1.82, 2.24) is 10.2 Å². The molecule has 4 rings (SSSR count). The van der Waals surface area contributed by atoms with Crippen LogP contribution in [-0.4, -0.2) is 47.9 Å². The third kappa shape index (κ3) is 7.87. The van der Waals surface area contributed by atoms with Crippen molar-refractivity contribution >= 4 is 6.09 Å². The van der Waals surface area contributed by atoms with Gasteiger partial charge in [0.15, 0.2) is 23.2 Å². The van der Waals surface area contributed by atoms with Gasteiger partial charge in [0, 0.05) is 31.3 Å². The van der Waals surface area contributed by atoms with Gasteiger partial charge in [0.2, 0.25) is 0 Å². The van der Waals surface area contributed by atoms with Gasteiger partial charge in [-0.3, -0.25) is 0 Å². The van der Waals surface area contributed by atoms with E-state index in [1.165, 1.54) is 25.7 Å². The average Bonchev–Trinajstić information content (AvgIpc) is 2.71. The second kappa shape index (κ2) is 12.3. The van der Waals surface area contributed by atoms with E-state index in [1.54, 1.807) is 0 Å². The van der Waals surface area contributed by atoms with Crippen molar-refractivity contribution in [1.29, 1.82) is 0 Å². The molecule has 1 aromatic rings. The van der Waals surface area contributed by atoms with Crippen LogP contribution in [0.15, 0.2) is 12.1 Å². The molecule has 2 saturated carbocycles. The summed E-state index contributed by atoms with van der Waals surface area (Å²) < 4.78 is 45.5. The summed E-state index contributed by atoms with van der Waals surface area (Å²) >= 11 is 0. The van der Waals surface area contributed by atoms with Gasteiger partial charge in [0.1, 0.15) is 6.10 Å². The number of hydrogen-bond acceptors (Lipinski definition) is 3. The van der Waals surface area contributed by atoms with E-state index in [0.29, 0.717) is 24.8 Å². The van der Waals surface area contributed by atoms with E-state index in [2.05, 4.69) is 10.2 Å². The summed E-state index contributed by atoms with van der Waals surface area (Å²) in [5.41, 5.74) is 0. The molecule has 0 radical (unpaired) electrons. The molecule has 5 nitrogen and oxygen atoms in total. The molecule has 0 spiro atoms. The van der Waals surface area contributed by atoms with Gasteiger partial charge in [0.25, 0.3) is 0 Å². The lowest BCUT2D eigenvalue weighted by molar-refractivity contribution is 0.0913. The van der Waals surface area contributed by atoms with Crippen LogP contribution in [-0.2, 0) is 0 Å². The quantitative estimate of drug-likeness (QED) is 0.537. The monoisotopic (exact) mass is 456 g/mol. The number of carboxylic acid groups (broad SMARTS) is 1. The minimum Gasteiger partial charge on any atom is -0.487 e. The Morgan fingerprint density at radius 3 is 2.09 bits per heavy atom. The van der Waals surface area contributed by atoms with Crippen LogP contribution in [0, 0.1) is 23.4 Å². The van der Waals surface area contributed by atoms with Crippen LogP contribution in [0.4, 0.5) is 18.0 Å². The maximum absolute atomic E-state index is 13.7. The molecule has 1 amide bonds. The summed E-state index contributed by atoms with van der Waals surface area (Å²) in [6.07, 6.45) is 11.2. The highest BCUT2D eigenvalue weighted by Crippen LogP contribution is 2.28. The summed E-state index contributed by atoms with van der Waals surface area (Å²) in [6.45, 7) is 2.63. The zero-order valence-corrected chi connectivity index (χ0v) is 18.6. The molecule has 1 aromatic carbocycles. The van der Waals surface area contributed by atoms with E-state index in [4.69, 9.17) is 9.84 Å². The fourth-order valence-corrected chi connectivity index (χ4v) is 4.41. The predicted molar refractivity (Wildman–Crippen MR) is 116 cm³/mol. The summed E-state index contributed by atoms with van der Waals surface area (Å²) in [4.78, 5) is 13.0. The molecule has 2 N–H and O–H groups in total. The minimum atomic E-state index is -1.22. The van der Waals surface area contributed by atoms with Gasteiger partial charge in [-0.15, -0.1) is 0 Å². The van der Waals surface area contributed by atoms with E-state index < -0.39 is 23.5 Å². The molecule has 2 aliphatic carbocycles. The van der Waals surface area contributed by atoms with Crippen molar-refractivity contribution in [3.63, 3.8) is 0 Å². The van der Waals surface area contributed by atoms with Crippen LogP contribution >= 0.6 is 0 Å². The number of benzene rings is 1. The highest BCUT2D eigenvalue weighted by Gasteiger charge is 2.25. The van der Waals surface area contributed by atoms with Gasteiger partial charge in [0.05, 0.1) is 0 Å². The highest BCUT2D eigenvalue weighted by atomic mass is 19.2. The standard InChI is InChI=1S/C20H27F3N2O3.C4H8/c21-16-11-18(23)19(12-17(16)22)28-15-6-9-25(10-7-15)8-5-13-1-3-14(4-2-13)24-20(26)27;1-2-4-3-1/h11-15,24H,1-10H2,(H,26,27);1-4H2. The van der Waals surface area contributed by atoms with Crippen molar-refractivity contribution in [3.8, 4) is 5.75 Å². The number of carbonyl (C=O) groups is 1. The normalized spacial score (nSPS) is 24.1. The lowest BCUT2D eigenvalue weighted by Crippen LogP contribution is -2.40. The first-order chi connectivity index (χ1) is 15.4. The topological polar surface area (TPSA) is 61.8 Å². The van der Waals surface area contributed by atoms with E-state index in [0.717, 1.165) is 57.8 Å². The molecule has 0 aromatic heterocycles. The zero-order valence-electron chi connectivity index (χ0n) is 18.6. The molecule has 1 aliphatic heterocycles. The molecule has 32 heavy (non-hydrogen) atoms. The maximum Gasteiger partial charge on any atom is 0.404 e. The number of amides is 1. The Kier molecular flexibility index (Phi) is 9.51. The lowest BCUT2D eigenvalue weighted by atomic mass is 9.84. The third-order valence-corrected chi connectivity index (χ3v) is 6.83. The molecule has 0 atom stereocenters. The molecule has 1 saturated heterocycles. The Hall–Kier alpha value is -1.96. The number of nitrogens with one attached hydrogen (secondary N) is 1. The van der Waals surface area contributed by atoms with Gasteiger partial charge in [-0.1, -0.05) is 25.7 Å². The molecule has 8 heteroatoms. The third-order valence-electron chi connectivity index (χ3n) is 6.83. The highest BCUT2D eigenvalue weighted by molar-refractivity contribution is 5.64. The van der Waals surface area contributed by atoms with Gasteiger partial charge >= 0.3 is 6.09 Å². The second-order valence-corrected chi connectivity index (χ2v) is 9.23. The molecule has 1 heterocycles. The lowest BCUT2D eigenvalue weighted by Gasteiger charge is -2.34. The SMILES string of the molecule is C1CCC1.O=C(O)NC1CCC(CCN2CCC(Oc3cc(F)c(F)cc3F)CC2)CC1. The number of piperidine rings is 1. The van der Waals surface area contributed by atoms with Crippen LogP contribution in [0.5, 0.6) is 5.75 Å². The molecule has 3 aliphatic rings. The van der Waals surface area contributed by atoms with Crippen LogP contribution < -0.4 is 10.1 Å². The Bertz CT molecular complexity index is 725. The van der Waals surface area contributed by atoms with Gasteiger partial charge in [-0.2, -0.15) is 0 Å². The summed E-state index contributed by atoms with van der Waals surface area (Å²) in [5.74, 6) is -2.81. The molecule has 180 valence electrons. The van der Waals surface area contributed by atoms with Crippen LogP contribution in [0.25, 0.3) is 0 Å². The Morgan fingerprint density at radius 1 is 0.938 bits per heavy atom. The molecular weight excluding hydrogens is 421 g/mol. The molecule has 0 bridgehead atoms. The average molecular weight is 457 g/mol. The molecular formula is C24H35F3N2O3. The first-order valence-electron chi connectivity index (χ1n) is 11.9. The largest absolute Gasteiger partial charge is 0.487 e. The molecule has 0 unspecified atom stereocenters. The van der Waals surface area contributed by atoms with E-state index in [9.17, 15) is 18.0 Å². The summed E-state index contributed by atoms with van der Waals surface area (Å²) in [5, 5.41) is 11.3. The number of ether oxygens (including phenoxy) is 1. The first kappa shape index (κ1) is 24.7. The van der Waals surface area contributed by atoms with E-state index in [1.807, 2.05) is 0 Å². The van der Waals surface area contributed by atoms with Crippen LogP contribution in [0.2, 0.25) is 0 Å². The number of likely N-dealkylation sites (tertiary alicyclic amines) is 1. The van der Waals surface area contributed by atoms with Gasteiger partial charge in [-0.25, -0.2) is 18.0 Å². The Labute approximate surface area is 188 Å². The number of nitrogens with zero attached hydrogens (tertiary/aromatic N) is 1. The summed E-state index contributed by atoms with van der Waals surface area (Å²) in [7, 11) is 0. The molecule has 3 fully saturated rings. The van der Waals surface area contributed by atoms with Crippen molar-refractivity contribution in [2.75, 3.05) is 19.6 Å². The first-order valence-corrected chi connectivity index (χ1v) is 11.9. The van der Waals surface area contributed by atoms with Gasteiger partial charge < -0.3 is 20.1 Å². The van der Waals surface area contributed by atoms with Crippen molar-refractivity contribution < 1.29 is 27.8 Å². The van der Waals surface area contributed by atoms with Crippen molar-refractivity contribution in [3.05, 3.63) is 29.6 Å². The fourth-order valence-electron chi connectivity index (χ4n) is 4.41. The van der Waals surface area contributed by atoms with Crippen LogP contribution in [0.3, 0.4) is 0 Å². The number of halogens is 3. The Morgan fingerprint density at radius 2 is 1.53 bits per heavy atom. The van der Waals surface area contributed by atoms with Gasteiger partial charge in [-0.05, 0) is 57.4 Å². The van der Waals surface area contributed by atoms with Crippen molar-refractivity contribution in [2.45, 2.75) is 82.8 Å². The van der Waals surface area contributed by atoms with E-state index in [-0.39, 0.29) is 17.9 Å². The Balaban J connectivity index is 0.000000650. The second-order valence-electron chi connectivity index (χ2n) is 9.23. The fraction of sp³-hybridized carbons (Fsp3) is 0.708. The predicted octanol–water partition coefficient (Wildman–Crippen LogP) is 5.72. The number of hydrogen-bond donors (Lipinski definition) is 2. The van der Waals surface area contributed by atoms with Crippen LogP contribution in [0.1, 0.15) is 70.6 Å². The number of rotatable bonds is 6. The van der Waals surface area contributed by atoms with E-state index >= 15 is 0 Å². The van der Waals surface area contributed by atoms with Crippen molar-refractivity contribution in [2.24, 2.45) is 5.92 Å². The maximum atomic E-state index is 13.7.